The Morgan fingerprint density at radius 1 is 1.45 bits per heavy atom. The van der Waals surface area contributed by atoms with Crippen LogP contribution in [0.4, 0.5) is 4.39 Å². The molecule has 1 unspecified atom stereocenters. The minimum absolute atomic E-state index is 0.129. The Balaban J connectivity index is 2.36. The normalized spacial score (nSPS) is 23.7. The predicted octanol–water partition coefficient (Wildman–Crippen LogP) is 2.23. The molecule has 1 aromatic rings. The largest absolute Gasteiger partial charge is 0.368 e. The third-order valence-corrected chi connectivity index (χ3v) is 5.27. The first-order valence-corrected chi connectivity index (χ1v) is 8.22. The van der Waals surface area contributed by atoms with Gasteiger partial charge in [-0.05, 0) is 26.0 Å². The molecule has 0 radical (unpaired) electrons. The Morgan fingerprint density at radius 3 is 2.70 bits per heavy atom. The second kappa shape index (κ2) is 5.60. The Hall–Kier alpha value is -0.690. The third-order valence-electron chi connectivity index (χ3n) is 3.08. The summed E-state index contributed by atoms with van der Waals surface area (Å²) in [5.41, 5.74) is -0.657. The van der Waals surface area contributed by atoms with Crippen LogP contribution in [-0.4, -0.2) is 43.4 Å². The van der Waals surface area contributed by atoms with Crippen LogP contribution >= 0.6 is 11.6 Å². The lowest BCUT2D eigenvalue weighted by atomic mass is 10.1. The van der Waals surface area contributed by atoms with Crippen LogP contribution in [0.5, 0.6) is 0 Å². The van der Waals surface area contributed by atoms with Gasteiger partial charge in [0, 0.05) is 19.0 Å². The molecule has 0 saturated carbocycles. The van der Waals surface area contributed by atoms with E-state index in [-0.39, 0.29) is 23.9 Å². The molecule has 0 aromatic heterocycles. The average Bonchev–Trinajstić information content (AvgIpc) is 2.37. The molecule has 112 valence electrons. The summed E-state index contributed by atoms with van der Waals surface area (Å²) in [5, 5.41) is 0. The first kappa shape index (κ1) is 15.7. The maximum absolute atomic E-state index is 13.7. The minimum atomic E-state index is -3.89. The van der Waals surface area contributed by atoms with Crippen LogP contribution < -0.4 is 0 Å². The van der Waals surface area contributed by atoms with E-state index in [1.54, 1.807) is 13.8 Å². The fraction of sp³-hybridized carbons (Fsp3) is 0.538. The van der Waals surface area contributed by atoms with Gasteiger partial charge in [-0.2, -0.15) is 4.31 Å². The maximum Gasteiger partial charge on any atom is 0.246 e. The van der Waals surface area contributed by atoms with Crippen molar-refractivity contribution in [3.05, 3.63) is 30.1 Å². The number of sulfonamides is 1. The average molecular weight is 322 g/mol. The van der Waals surface area contributed by atoms with E-state index in [0.717, 1.165) is 6.07 Å². The van der Waals surface area contributed by atoms with Gasteiger partial charge in [0.05, 0.1) is 11.7 Å². The molecule has 4 nitrogen and oxygen atoms in total. The first-order chi connectivity index (χ1) is 9.26. The molecule has 1 atom stereocenters. The Labute approximate surface area is 123 Å². The van der Waals surface area contributed by atoms with Gasteiger partial charge < -0.3 is 4.74 Å². The molecule has 1 fully saturated rings. The molecule has 7 heteroatoms. The smallest absolute Gasteiger partial charge is 0.246 e. The van der Waals surface area contributed by atoms with E-state index in [2.05, 4.69) is 0 Å². The van der Waals surface area contributed by atoms with Crippen molar-refractivity contribution in [1.82, 2.24) is 4.31 Å². The van der Waals surface area contributed by atoms with Crippen LogP contribution in [0, 0.1) is 5.82 Å². The SMILES string of the molecule is CC1(C)CN(S(=O)(=O)c2ccccc2F)CC(CCl)O1. The number of ether oxygens (including phenoxy) is 1. The lowest BCUT2D eigenvalue weighted by Crippen LogP contribution is -2.55. The van der Waals surface area contributed by atoms with Crippen molar-refractivity contribution in [3.63, 3.8) is 0 Å². The second-order valence-corrected chi connectivity index (χ2v) is 7.60. The van der Waals surface area contributed by atoms with Gasteiger partial charge in [0.2, 0.25) is 10.0 Å². The lowest BCUT2D eigenvalue weighted by Gasteiger charge is -2.41. The summed E-state index contributed by atoms with van der Waals surface area (Å²) < 4.78 is 45.8. The van der Waals surface area contributed by atoms with E-state index >= 15 is 0 Å². The topological polar surface area (TPSA) is 46.6 Å². The second-order valence-electron chi connectivity index (χ2n) is 5.38. The summed E-state index contributed by atoms with van der Waals surface area (Å²) in [6.45, 7) is 3.87. The van der Waals surface area contributed by atoms with Crippen molar-refractivity contribution >= 4 is 21.6 Å². The Kier molecular flexibility index (Phi) is 4.39. The van der Waals surface area contributed by atoms with Crippen LogP contribution in [0.2, 0.25) is 0 Å². The van der Waals surface area contributed by atoms with E-state index in [1.165, 1.54) is 22.5 Å². The van der Waals surface area contributed by atoms with Gasteiger partial charge in [-0.15, -0.1) is 11.6 Å². The van der Waals surface area contributed by atoms with Gasteiger partial charge in [-0.3, -0.25) is 0 Å². The summed E-state index contributed by atoms with van der Waals surface area (Å²) in [5.74, 6) is -0.563. The molecule has 2 rings (SSSR count). The van der Waals surface area contributed by atoms with Crippen molar-refractivity contribution in [2.45, 2.75) is 30.4 Å². The molecule has 0 amide bonds. The fourth-order valence-corrected chi connectivity index (χ4v) is 4.15. The summed E-state index contributed by atoms with van der Waals surface area (Å²) >= 11 is 5.78. The minimum Gasteiger partial charge on any atom is -0.368 e. The molecule has 0 bridgehead atoms. The summed E-state index contributed by atoms with van der Waals surface area (Å²) in [6, 6.07) is 5.36. The molecule has 0 aliphatic carbocycles. The van der Waals surface area contributed by atoms with Crippen LogP contribution in [0.15, 0.2) is 29.2 Å². The molecule has 0 spiro atoms. The number of halogens is 2. The van der Waals surface area contributed by atoms with Crippen molar-refractivity contribution in [2.24, 2.45) is 0 Å². The standard InChI is InChI=1S/C13H17ClFNO3S/c1-13(2)9-16(8-10(7-14)19-13)20(17,18)12-6-4-3-5-11(12)15/h3-6,10H,7-9H2,1-2H3. The molecule has 1 aliphatic rings. The number of hydrogen-bond donors (Lipinski definition) is 0. The summed E-state index contributed by atoms with van der Waals surface area (Å²) in [4.78, 5) is -0.314. The number of morpholine rings is 1. The van der Waals surface area contributed by atoms with Gasteiger partial charge in [0.25, 0.3) is 0 Å². The van der Waals surface area contributed by atoms with E-state index in [1.807, 2.05) is 0 Å². The molecule has 1 saturated heterocycles. The van der Waals surface area contributed by atoms with E-state index < -0.39 is 27.5 Å². The molecule has 1 aliphatic heterocycles. The van der Waals surface area contributed by atoms with Crippen LogP contribution in [0.3, 0.4) is 0 Å². The van der Waals surface area contributed by atoms with Crippen molar-refractivity contribution in [3.8, 4) is 0 Å². The lowest BCUT2D eigenvalue weighted by molar-refractivity contribution is -0.107. The Bertz CT molecular complexity index is 591. The molecular weight excluding hydrogens is 305 g/mol. The maximum atomic E-state index is 13.7. The van der Waals surface area contributed by atoms with Crippen LogP contribution in [0.25, 0.3) is 0 Å². The molecular formula is C13H17ClFNO3S. The monoisotopic (exact) mass is 321 g/mol. The van der Waals surface area contributed by atoms with Crippen LogP contribution in [-0.2, 0) is 14.8 Å². The van der Waals surface area contributed by atoms with Gasteiger partial charge in [0.15, 0.2) is 0 Å². The number of rotatable bonds is 3. The van der Waals surface area contributed by atoms with Gasteiger partial charge in [-0.1, -0.05) is 12.1 Å². The highest BCUT2D eigenvalue weighted by Gasteiger charge is 2.39. The fourth-order valence-electron chi connectivity index (χ4n) is 2.30. The highest BCUT2D eigenvalue weighted by atomic mass is 35.5. The highest BCUT2D eigenvalue weighted by molar-refractivity contribution is 7.89. The molecule has 0 N–H and O–H groups in total. The number of alkyl halides is 1. The number of benzene rings is 1. The zero-order valence-corrected chi connectivity index (χ0v) is 12.9. The third kappa shape index (κ3) is 3.14. The number of nitrogens with zero attached hydrogens (tertiary/aromatic N) is 1. The van der Waals surface area contributed by atoms with Crippen LogP contribution in [0.1, 0.15) is 13.8 Å². The quantitative estimate of drug-likeness (QED) is 0.802. The van der Waals surface area contributed by atoms with Crippen molar-refractivity contribution in [1.29, 1.82) is 0 Å². The molecule has 20 heavy (non-hydrogen) atoms. The van der Waals surface area contributed by atoms with Gasteiger partial charge in [-0.25, -0.2) is 12.8 Å². The zero-order chi connectivity index (χ0) is 15.0. The van der Waals surface area contributed by atoms with Gasteiger partial charge in [0.1, 0.15) is 10.7 Å². The summed E-state index contributed by atoms with van der Waals surface area (Å²) in [7, 11) is -3.89. The Morgan fingerprint density at radius 2 is 2.10 bits per heavy atom. The van der Waals surface area contributed by atoms with E-state index in [0.29, 0.717) is 0 Å². The highest BCUT2D eigenvalue weighted by Crippen LogP contribution is 2.27. The molecule has 1 aromatic carbocycles. The van der Waals surface area contributed by atoms with E-state index in [9.17, 15) is 12.8 Å². The number of hydrogen-bond acceptors (Lipinski definition) is 3. The summed E-state index contributed by atoms with van der Waals surface area (Å²) in [6.07, 6.45) is -0.401. The zero-order valence-electron chi connectivity index (χ0n) is 11.3. The first-order valence-electron chi connectivity index (χ1n) is 6.25. The van der Waals surface area contributed by atoms with Crippen molar-refractivity contribution in [2.75, 3.05) is 19.0 Å². The van der Waals surface area contributed by atoms with E-state index in [4.69, 9.17) is 16.3 Å². The van der Waals surface area contributed by atoms with Crippen molar-refractivity contribution < 1.29 is 17.5 Å². The van der Waals surface area contributed by atoms with Gasteiger partial charge >= 0.3 is 0 Å². The predicted molar refractivity (Wildman–Crippen MR) is 74.8 cm³/mol. The molecule has 1 heterocycles.